The van der Waals surface area contributed by atoms with Crippen LogP contribution in [0.1, 0.15) is 26.2 Å². The summed E-state index contributed by atoms with van der Waals surface area (Å²) in [6, 6.07) is 10.2. The summed E-state index contributed by atoms with van der Waals surface area (Å²) in [6.45, 7) is 3.59. The van der Waals surface area contributed by atoms with Crippen molar-refractivity contribution in [2.45, 2.75) is 42.4 Å². The Morgan fingerprint density at radius 1 is 1.03 bits per heavy atom. The molecule has 2 atom stereocenters. The largest absolute Gasteiger partial charge is 0.302 e. The third-order valence-corrected chi connectivity index (χ3v) is 10.2. The molecule has 1 unspecified atom stereocenters. The molecule has 0 saturated carbocycles. The van der Waals surface area contributed by atoms with Gasteiger partial charge in [0.05, 0.1) is 20.9 Å². The van der Waals surface area contributed by atoms with Crippen molar-refractivity contribution in [3.05, 3.63) is 57.5 Å². The van der Waals surface area contributed by atoms with Crippen LogP contribution in [0.15, 0.2) is 47.4 Å². The van der Waals surface area contributed by atoms with E-state index in [1.807, 2.05) is 6.92 Å². The van der Waals surface area contributed by atoms with Gasteiger partial charge in [0.25, 0.3) is 10.0 Å². The molecule has 33 heavy (non-hydrogen) atoms. The number of sulfone groups is 1. The van der Waals surface area contributed by atoms with Gasteiger partial charge in [0, 0.05) is 35.4 Å². The molecular weight excluding hydrogens is 527 g/mol. The molecule has 2 aromatic carbocycles. The number of likely N-dealkylation sites (tertiary alicyclic amines) is 1. The summed E-state index contributed by atoms with van der Waals surface area (Å²) < 4.78 is 52.6. The van der Waals surface area contributed by atoms with E-state index >= 15 is 0 Å². The van der Waals surface area contributed by atoms with E-state index in [4.69, 9.17) is 34.8 Å². The zero-order valence-corrected chi connectivity index (χ0v) is 22.3. The van der Waals surface area contributed by atoms with Crippen molar-refractivity contribution >= 4 is 60.4 Å². The quantitative estimate of drug-likeness (QED) is 0.453. The molecule has 2 aromatic rings. The van der Waals surface area contributed by atoms with Crippen LogP contribution in [0.5, 0.6) is 0 Å². The van der Waals surface area contributed by atoms with Gasteiger partial charge in [0.1, 0.15) is 0 Å². The Kier molecular flexibility index (Phi) is 8.62. The second-order valence-electron chi connectivity index (χ2n) is 8.38. The summed E-state index contributed by atoms with van der Waals surface area (Å²) in [5, 5.41) is 0.668. The number of hydrogen-bond donors (Lipinski definition) is 0. The van der Waals surface area contributed by atoms with Crippen LogP contribution in [0.4, 0.5) is 5.69 Å². The minimum absolute atomic E-state index is 0.0879. The molecule has 1 fully saturated rings. The first-order valence-corrected chi connectivity index (χ1v) is 15.1. The highest BCUT2D eigenvalue weighted by Crippen LogP contribution is 2.35. The number of anilines is 1. The Labute approximate surface area is 211 Å². The number of nitrogens with zero attached hydrogens (tertiary/aromatic N) is 2. The number of halogens is 3. The average Bonchev–Trinajstić information content (AvgIpc) is 2.74. The van der Waals surface area contributed by atoms with Gasteiger partial charge >= 0.3 is 0 Å². The smallest absolute Gasteiger partial charge is 0.264 e. The van der Waals surface area contributed by atoms with E-state index in [-0.39, 0.29) is 9.92 Å². The van der Waals surface area contributed by atoms with Crippen LogP contribution in [-0.4, -0.2) is 58.9 Å². The summed E-state index contributed by atoms with van der Waals surface area (Å²) >= 11 is 18.5. The van der Waals surface area contributed by atoms with E-state index < -0.39 is 31.2 Å². The van der Waals surface area contributed by atoms with Crippen molar-refractivity contribution in [2.75, 3.05) is 30.2 Å². The molecule has 6 nitrogen and oxygen atoms in total. The number of hydrogen-bond acceptors (Lipinski definition) is 5. The molecule has 1 aliphatic heterocycles. The van der Waals surface area contributed by atoms with E-state index in [1.54, 1.807) is 12.1 Å². The molecule has 0 N–H and O–H groups in total. The second-order valence-corrected chi connectivity index (χ2v) is 13.8. The molecule has 0 amide bonds. The highest BCUT2D eigenvalue weighted by molar-refractivity contribution is 7.93. The summed E-state index contributed by atoms with van der Waals surface area (Å²) in [4.78, 5) is 2.17. The summed E-state index contributed by atoms with van der Waals surface area (Å²) in [7, 11) is -7.10. The predicted molar refractivity (Wildman–Crippen MR) is 136 cm³/mol. The van der Waals surface area contributed by atoms with Gasteiger partial charge in [-0.05, 0) is 75.2 Å². The lowest BCUT2D eigenvalue weighted by molar-refractivity contribution is 0.224. The molecule has 0 bridgehead atoms. The number of sulfonamides is 1. The topological polar surface area (TPSA) is 74.8 Å². The standard InChI is InChI=1S/C22H27Cl3N2O4S2/c1-16(11-13-26-12-3-4-20(15-26)32(2,28)29)27(22-14-18(24)7-10-21(22)25)33(30,31)19-8-5-17(23)6-9-19/h5-10,14,16,20H,3-4,11-13,15H2,1-2H3/t16?,20-/m1/s1. The fraction of sp³-hybridized carbons (Fsp3) is 0.455. The Balaban J connectivity index is 1.89. The van der Waals surface area contributed by atoms with Crippen molar-refractivity contribution in [2.24, 2.45) is 0 Å². The van der Waals surface area contributed by atoms with Gasteiger partial charge in [0.2, 0.25) is 0 Å². The molecule has 1 heterocycles. The van der Waals surface area contributed by atoms with Crippen molar-refractivity contribution in [3.63, 3.8) is 0 Å². The SMILES string of the molecule is CC(CCN1CCC[C@@H](S(C)(=O)=O)C1)N(c1cc(Cl)ccc1Cl)S(=O)(=O)c1ccc(Cl)cc1. The molecule has 0 aromatic heterocycles. The van der Waals surface area contributed by atoms with Gasteiger partial charge in [-0.1, -0.05) is 34.8 Å². The van der Waals surface area contributed by atoms with Crippen LogP contribution >= 0.6 is 34.8 Å². The first-order chi connectivity index (χ1) is 15.4. The average molecular weight is 554 g/mol. The van der Waals surface area contributed by atoms with E-state index in [9.17, 15) is 16.8 Å². The normalized spacial score (nSPS) is 18.8. The van der Waals surface area contributed by atoms with Crippen molar-refractivity contribution in [3.8, 4) is 0 Å². The maximum atomic E-state index is 13.7. The van der Waals surface area contributed by atoms with Gasteiger partial charge in [-0.2, -0.15) is 0 Å². The molecule has 0 aliphatic carbocycles. The number of rotatable bonds is 8. The zero-order chi connectivity index (χ0) is 24.4. The van der Waals surface area contributed by atoms with Crippen LogP contribution in [0, 0.1) is 0 Å². The van der Waals surface area contributed by atoms with E-state index in [1.165, 1.54) is 40.9 Å². The maximum absolute atomic E-state index is 13.7. The van der Waals surface area contributed by atoms with Gasteiger partial charge in [-0.15, -0.1) is 0 Å². The number of benzene rings is 2. The molecule has 3 rings (SSSR count). The lowest BCUT2D eigenvalue weighted by Gasteiger charge is -2.35. The Morgan fingerprint density at radius 3 is 2.30 bits per heavy atom. The highest BCUT2D eigenvalue weighted by atomic mass is 35.5. The van der Waals surface area contributed by atoms with Gasteiger partial charge in [0.15, 0.2) is 9.84 Å². The van der Waals surface area contributed by atoms with Crippen LogP contribution in [0.3, 0.4) is 0 Å². The third kappa shape index (κ3) is 6.55. The fourth-order valence-corrected chi connectivity index (χ4v) is 7.35. The monoisotopic (exact) mass is 552 g/mol. The van der Waals surface area contributed by atoms with Gasteiger partial charge < -0.3 is 4.90 Å². The Bertz CT molecular complexity index is 1190. The van der Waals surface area contributed by atoms with Crippen molar-refractivity contribution < 1.29 is 16.8 Å². The summed E-state index contributed by atoms with van der Waals surface area (Å²) in [5.74, 6) is 0. The molecule has 0 radical (unpaired) electrons. The number of piperidine rings is 1. The van der Waals surface area contributed by atoms with Crippen LogP contribution in [0.2, 0.25) is 15.1 Å². The molecule has 1 saturated heterocycles. The Morgan fingerprint density at radius 2 is 1.67 bits per heavy atom. The zero-order valence-electron chi connectivity index (χ0n) is 18.4. The van der Waals surface area contributed by atoms with Gasteiger partial charge in [-0.3, -0.25) is 4.31 Å². The van der Waals surface area contributed by atoms with Crippen molar-refractivity contribution in [1.82, 2.24) is 4.90 Å². The van der Waals surface area contributed by atoms with Crippen molar-refractivity contribution in [1.29, 1.82) is 0 Å². The second kappa shape index (κ2) is 10.7. The minimum Gasteiger partial charge on any atom is -0.302 e. The maximum Gasteiger partial charge on any atom is 0.264 e. The van der Waals surface area contributed by atoms with E-state index in [0.717, 1.165) is 13.0 Å². The first-order valence-electron chi connectivity index (χ1n) is 10.6. The molecule has 1 aliphatic rings. The van der Waals surface area contributed by atoms with Crippen LogP contribution in [0.25, 0.3) is 0 Å². The van der Waals surface area contributed by atoms with E-state index in [2.05, 4.69) is 4.90 Å². The highest BCUT2D eigenvalue weighted by Gasteiger charge is 2.33. The van der Waals surface area contributed by atoms with Gasteiger partial charge in [-0.25, -0.2) is 16.8 Å². The predicted octanol–water partition coefficient (Wildman–Crippen LogP) is 5.13. The minimum atomic E-state index is -3.98. The summed E-state index contributed by atoms with van der Waals surface area (Å²) in [5.41, 5.74) is 0.291. The van der Waals surface area contributed by atoms with E-state index in [0.29, 0.717) is 41.7 Å². The summed E-state index contributed by atoms with van der Waals surface area (Å²) in [6.07, 6.45) is 3.19. The molecule has 11 heteroatoms. The molecule has 182 valence electrons. The lowest BCUT2D eigenvalue weighted by Crippen LogP contribution is -2.45. The van der Waals surface area contributed by atoms with Crippen LogP contribution in [-0.2, 0) is 19.9 Å². The third-order valence-electron chi connectivity index (χ3n) is 5.85. The Hall–Kier alpha value is -1.03. The van der Waals surface area contributed by atoms with Crippen LogP contribution < -0.4 is 4.31 Å². The molecule has 0 spiro atoms. The molecular formula is C22H27Cl3N2O4S2. The fourth-order valence-electron chi connectivity index (χ4n) is 4.03. The lowest BCUT2D eigenvalue weighted by atomic mass is 10.1. The first kappa shape index (κ1) is 26.6.